The van der Waals surface area contributed by atoms with Crippen molar-refractivity contribution in [3.05, 3.63) is 0 Å². The predicted octanol–water partition coefficient (Wildman–Crippen LogP) is 0.891. The first kappa shape index (κ1) is 17.3. The molecule has 0 amide bonds. The van der Waals surface area contributed by atoms with Crippen LogP contribution in [0.25, 0.3) is 0 Å². The summed E-state index contributed by atoms with van der Waals surface area (Å²) in [5, 5.41) is 0. The minimum absolute atomic E-state index is 0.187. The summed E-state index contributed by atoms with van der Waals surface area (Å²) in [6.07, 6.45) is 0. The molecule has 0 spiro atoms. The fourth-order valence-corrected chi connectivity index (χ4v) is 2.29. The number of esters is 1. The Morgan fingerprint density at radius 3 is 2.00 bits per heavy atom. The van der Waals surface area contributed by atoms with Crippen molar-refractivity contribution in [1.29, 1.82) is 0 Å². The lowest BCUT2D eigenvalue weighted by Gasteiger charge is -2.25. The largest absolute Gasteiger partial charge is 0.459 e. The van der Waals surface area contributed by atoms with Crippen LogP contribution in [-0.2, 0) is 19.7 Å². The minimum atomic E-state index is -3.68. The van der Waals surface area contributed by atoms with Gasteiger partial charge in [-0.15, -0.1) is 0 Å². The van der Waals surface area contributed by atoms with Crippen LogP contribution in [0.4, 0.5) is 0 Å². The molecule has 0 saturated carbocycles. The highest BCUT2D eigenvalue weighted by atomic mass is 32.2. The van der Waals surface area contributed by atoms with Crippen LogP contribution >= 0.6 is 0 Å². The second kappa shape index (κ2) is 5.99. The quantitative estimate of drug-likeness (QED) is 0.759. The fraction of sp³-hybridized carbons (Fsp3) is 0.909. The average Bonchev–Trinajstić information content (AvgIpc) is 2.12. The Kier molecular flexibility index (Phi) is 5.77. The third-order valence-electron chi connectivity index (χ3n) is 2.19. The standard InChI is InChI=1S/C11H24N2O4S/c1-8(2)13(7)18(15,16)12-9(3)10(14)17-11(4,5)6/h8-9,12H,1-7H3/t9-/m0/s1. The van der Waals surface area contributed by atoms with Gasteiger partial charge in [0.25, 0.3) is 10.2 Å². The van der Waals surface area contributed by atoms with Crippen LogP contribution in [0.1, 0.15) is 41.5 Å². The number of carbonyl (C=O) groups excluding carboxylic acids is 1. The predicted molar refractivity (Wildman–Crippen MR) is 70.3 cm³/mol. The summed E-state index contributed by atoms with van der Waals surface area (Å²) in [5.41, 5.74) is -0.638. The van der Waals surface area contributed by atoms with Crippen LogP contribution in [0, 0.1) is 0 Å². The van der Waals surface area contributed by atoms with Crippen molar-refractivity contribution in [1.82, 2.24) is 9.03 Å². The van der Waals surface area contributed by atoms with Gasteiger partial charge in [-0.1, -0.05) is 0 Å². The molecular formula is C11H24N2O4S. The van der Waals surface area contributed by atoms with Crippen LogP contribution in [0.15, 0.2) is 0 Å². The topological polar surface area (TPSA) is 75.7 Å². The molecule has 7 heteroatoms. The van der Waals surface area contributed by atoms with Crippen molar-refractivity contribution >= 4 is 16.2 Å². The van der Waals surface area contributed by atoms with Gasteiger partial charge >= 0.3 is 5.97 Å². The zero-order chi connectivity index (χ0) is 14.7. The third-order valence-corrected chi connectivity index (χ3v) is 4.02. The molecule has 0 aliphatic rings. The molecule has 1 N–H and O–H groups in total. The molecule has 0 unspecified atom stereocenters. The van der Waals surface area contributed by atoms with Gasteiger partial charge in [0.05, 0.1) is 0 Å². The molecule has 0 heterocycles. The minimum Gasteiger partial charge on any atom is -0.459 e. The molecule has 0 aliphatic heterocycles. The first-order valence-electron chi connectivity index (χ1n) is 5.85. The third kappa shape index (κ3) is 5.79. The molecular weight excluding hydrogens is 256 g/mol. The molecule has 18 heavy (non-hydrogen) atoms. The van der Waals surface area contributed by atoms with E-state index in [1.54, 1.807) is 34.6 Å². The number of hydrogen-bond donors (Lipinski definition) is 1. The fourth-order valence-electron chi connectivity index (χ4n) is 1.02. The average molecular weight is 280 g/mol. The van der Waals surface area contributed by atoms with E-state index in [1.165, 1.54) is 14.0 Å². The van der Waals surface area contributed by atoms with Gasteiger partial charge < -0.3 is 4.74 Å². The van der Waals surface area contributed by atoms with Gasteiger partial charge in [0.2, 0.25) is 0 Å². The first-order chi connectivity index (χ1) is 7.87. The molecule has 0 aromatic carbocycles. The van der Waals surface area contributed by atoms with E-state index in [0.29, 0.717) is 0 Å². The Morgan fingerprint density at radius 1 is 1.22 bits per heavy atom. The zero-order valence-corrected chi connectivity index (χ0v) is 13.0. The number of hydrogen-bond acceptors (Lipinski definition) is 4. The monoisotopic (exact) mass is 280 g/mol. The molecule has 0 radical (unpaired) electrons. The normalized spacial score (nSPS) is 14.9. The van der Waals surface area contributed by atoms with E-state index >= 15 is 0 Å². The maximum absolute atomic E-state index is 11.9. The lowest BCUT2D eigenvalue weighted by atomic mass is 10.2. The maximum Gasteiger partial charge on any atom is 0.324 e. The summed E-state index contributed by atoms with van der Waals surface area (Å²) in [6.45, 7) is 10.1. The van der Waals surface area contributed by atoms with Gasteiger partial charge in [-0.2, -0.15) is 17.4 Å². The van der Waals surface area contributed by atoms with Crippen LogP contribution in [0.5, 0.6) is 0 Å². The highest BCUT2D eigenvalue weighted by Crippen LogP contribution is 2.09. The Hall–Kier alpha value is -0.660. The van der Waals surface area contributed by atoms with Crippen LogP contribution < -0.4 is 4.72 Å². The molecule has 0 saturated heterocycles. The summed E-state index contributed by atoms with van der Waals surface area (Å²) in [7, 11) is -2.22. The van der Waals surface area contributed by atoms with Crippen molar-refractivity contribution in [2.24, 2.45) is 0 Å². The van der Waals surface area contributed by atoms with Crippen LogP contribution in [0.3, 0.4) is 0 Å². The van der Waals surface area contributed by atoms with Gasteiger partial charge in [-0.3, -0.25) is 4.79 Å². The van der Waals surface area contributed by atoms with E-state index in [4.69, 9.17) is 4.74 Å². The van der Waals surface area contributed by atoms with E-state index in [1.807, 2.05) is 0 Å². The van der Waals surface area contributed by atoms with Crippen LogP contribution in [-0.4, -0.2) is 43.4 Å². The number of rotatable bonds is 5. The van der Waals surface area contributed by atoms with E-state index < -0.39 is 27.8 Å². The Labute approximate surface area is 110 Å². The van der Waals surface area contributed by atoms with Gasteiger partial charge in [0.15, 0.2) is 0 Å². The highest BCUT2D eigenvalue weighted by molar-refractivity contribution is 7.87. The van der Waals surface area contributed by atoms with Gasteiger partial charge in [0.1, 0.15) is 11.6 Å². The van der Waals surface area contributed by atoms with Crippen molar-refractivity contribution in [2.45, 2.75) is 59.2 Å². The number of nitrogens with one attached hydrogen (secondary N) is 1. The lowest BCUT2D eigenvalue weighted by molar-refractivity contribution is -0.156. The Balaban J connectivity index is 4.67. The Bertz CT molecular complexity index is 384. The van der Waals surface area contributed by atoms with Crippen molar-refractivity contribution in [2.75, 3.05) is 7.05 Å². The molecule has 6 nitrogen and oxygen atoms in total. The summed E-state index contributed by atoms with van der Waals surface area (Å²) < 4.78 is 32.3. The highest BCUT2D eigenvalue weighted by Gasteiger charge is 2.28. The van der Waals surface area contributed by atoms with Crippen LogP contribution in [0.2, 0.25) is 0 Å². The summed E-state index contributed by atoms with van der Waals surface area (Å²) in [4.78, 5) is 11.7. The van der Waals surface area contributed by atoms with E-state index in [2.05, 4.69) is 4.72 Å². The summed E-state index contributed by atoms with van der Waals surface area (Å²) >= 11 is 0. The van der Waals surface area contributed by atoms with Gasteiger partial charge in [-0.05, 0) is 41.5 Å². The van der Waals surface area contributed by atoms with Crippen molar-refractivity contribution in [3.8, 4) is 0 Å². The molecule has 0 rings (SSSR count). The van der Waals surface area contributed by atoms with Crippen molar-refractivity contribution < 1.29 is 17.9 Å². The zero-order valence-electron chi connectivity index (χ0n) is 12.1. The smallest absolute Gasteiger partial charge is 0.324 e. The molecule has 0 aromatic rings. The van der Waals surface area contributed by atoms with Gasteiger partial charge in [-0.25, -0.2) is 0 Å². The van der Waals surface area contributed by atoms with E-state index in [-0.39, 0.29) is 6.04 Å². The number of ether oxygens (including phenoxy) is 1. The molecule has 0 fully saturated rings. The van der Waals surface area contributed by atoms with Gasteiger partial charge in [0, 0.05) is 13.1 Å². The van der Waals surface area contributed by atoms with Crippen molar-refractivity contribution in [3.63, 3.8) is 0 Å². The molecule has 108 valence electrons. The van der Waals surface area contributed by atoms with E-state index in [9.17, 15) is 13.2 Å². The molecule has 0 aliphatic carbocycles. The summed E-state index contributed by atoms with van der Waals surface area (Å²) in [5.74, 6) is -0.594. The summed E-state index contributed by atoms with van der Waals surface area (Å²) in [6, 6.07) is -1.11. The molecule has 1 atom stereocenters. The molecule has 0 aromatic heterocycles. The molecule has 0 bridgehead atoms. The first-order valence-corrected chi connectivity index (χ1v) is 7.29. The second-order valence-electron chi connectivity index (χ2n) is 5.49. The SMILES string of the molecule is CC(C)N(C)S(=O)(=O)N[C@@H](C)C(=O)OC(C)(C)C. The Morgan fingerprint density at radius 2 is 1.67 bits per heavy atom. The number of carbonyl (C=O) groups is 1. The second-order valence-corrected chi connectivity index (χ2v) is 7.25. The van der Waals surface area contributed by atoms with E-state index in [0.717, 1.165) is 4.31 Å². The maximum atomic E-state index is 11.9. The number of nitrogens with zero attached hydrogens (tertiary/aromatic N) is 1. The lowest BCUT2D eigenvalue weighted by Crippen LogP contribution is -2.49.